The summed E-state index contributed by atoms with van der Waals surface area (Å²) in [5.74, 6) is 2.62. The predicted octanol–water partition coefficient (Wildman–Crippen LogP) is 6.52. The van der Waals surface area contributed by atoms with Crippen LogP contribution in [-0.4, -0.2) is 32.1 Å². The Bertz CT molecular complexity index is 571. The first-order valence-electron chi connectivity index (χ1n) is 11.6. The molecule has 2 unspecified atom stereocenters. The number of amides is 1. The Morgan fingerprint density at radius 2 is 1.67 bits per heavy atom. The molecule has 2 atom stereocenters. The smallest absolute Gasteiger partial charge is 0.407 e. The number of rotatable bonds is 15. The SMILES string of the molecule is CCCCCCNC(=O)OCCOC(C)Oc1ccc(C(CC(C)C)C(C)C)cc1. The van der Waals surface area contributed by atoms with Crippen LogP contribution >= 0.6 is 0 Å². The lowest BCUT2D eigenvalue weighted by Crippen LogP contribution is -2.27. The Morgan fingerprint density at radius 3 is 2.27 bits per heavy atom. The number of hydrogen-bond acceptors (Lipinski definition) is 4. The van der Waals surface area contributed by atoms with Crippen LogP contribution in [0.15, 0.2) is 24.3 Å². The van der Waals surface area contributed by atoms with Crippen molar-refractivity contribution in [1.82, 2.24) is 5.32 Å². The summed E-state index contributed by atoms with van der Waals surface area (Å²) in [5.41, 5.74) is 1.36. The van der Waals surface area contributed by atoms with E-state index in [1.807, 2.05) is 19.1 Å². The number of nitrogens with one attached hydrogen (secondary N) is 1. The van der Waals surface area contributed by atoms with Crippen LogP contribution in [0, 0.1) is 11.8 Å². The van der Waals surface area contributed by atoms with Gasteiger partial charge < -0.3 is 19.5 Å². The van der Waals surface area contributed by atoms with E-state index in [2.05, 4.69) is 52.1 Å². The number of alkyl carbamates (subject to hydrolysis) is 1. The molecule has 1 N–H and O–H groups in total. The van der Waals surface area contributed by atoms with Gasteiger partial charge in [0.05, 0.1) is 6.61 Å². The van der Waals surface area contributed by atoms with Crippen molar-refractivity contribution in [1.29, 1.82) is 0 Å². The molecule has 5 heteroatoms. The maximum atomic E-state index is 11.6. The molecule has 1 aromatic rings. The van der Waals surface area contributed by atoms with E-state index in [-0.39, 0.29) is 12.7 Å². The van der Waals surface area contributed by atoms with Crippen molar-refractivity contribution in [3.8, 4) is 5.75 Å². The molecule has 172 valence electrons. The zero-order chi connectivity index (χ0) is 22.4. The molecule has 0 heterocycles. The normalized spacial score (nSPS) is 13.3. The molecule has 0 aliphatic carbocycles. The Kier molecular flexibility index (Phi) is 13.2. The molecule has 0 aliphatic heterocycles. The molecule has 0 spiro atoms. The number of unbranched alkanes of at least 4 members (excludes halogenated alkanes) is 3. The molecule has 1 aromatic carbocycles. The minimum absolute atomic E-state index is 0.207. The molecule has 0 fully saturated rings. The summed E-state index contributed by atoms with van der Waals surface area (Å²) >= 11 is 0. The number of hydrogen-bond donors (Lipinski definition) is 1. The van der Waals surface area contributed by atoms with E-state index >= 15 is 0 Å². The molecule has 1 amide bonds. The van der Waals surface area contributed by atoms with Crippen molar-refractivity contribution in [2.45, 2.75) is 85.9 Å². The third-order valence-electron chi connectivity index (χ3n) is 5.11. The molecular formula is C25H43NO4. The predicted molar refractivity (Wildman–Crippen MR) is 123 cm³/mol. The van der Waals surface area contributed by atoms with Gasteiger partial charge in [-0.05, 0) is 55.2 Å². The minimum Gasteiger partial charge on any atom is -0.465 e. The van der Waals surface area contributed by atoms with E-state index < -0.39 is 6.29 Å². The Labute approximate surface area is 183 Å². The van der Waals surface area contributed by atoms with Crippen molar-refractivity contribution < 1.29 is 19.0 Å². The van der Waals surface area contributed by atoms with Gasteiger partial charge >= 0.3 is 6.09 Å². The maximum Gasteiger partial charge on any atom is 0.407 e. The van der Waals surface area contributed by atoms with E-state index in [0.29, 0.717) is 30.9 Å². The van der Waals surface area contributed by atoms with Crippen molar-refractivity contribution in [3.63, 3.8) is 0 Å². The quantitative estimate of drug-likeness (QED) is 0.259. The van der Waals surface area contributed by atoms with Crippen molar-refractivity contribution >= 4 is 6.09 Å². The van der Waals surface area contributed by atoms with Crippen LogP contribution in [0.25, 0.3) is 0 Å². The van der Waals surface area contributed by atoms with Gasteiger partial charge in [0.25, 0.3) is 0 Å². The van der Waals surface area contributed by atoms with Gasteiger partial charge in [-0.2, -0.15) is 0 Å². The van der Waals surface area contributed by atoms with Gasteiger partial charge in [-0.3, -0.25) is 0 Å². The van der Waals surface area contributed by atoms with E-state index in [9.17, 15) is 4.79 Å². The lowest BCUT2D eigenvalue weighted by atomic mass is 9.82. The van der Waals surface area contributed by atoms with Crippen LogP contribution < -0.4 is 10.1 Å². The standard InChI is InChI=1S/C25H43NO4/c1-7-8-9-10-15-26-25(27)29-17-16-28-21(6)30-23-13-11-22(12-14-23)24(20(4)5)18-19(2)3/h11-14,19-21,24H,7-10,15-18H2,1-6H3,(H,26,27). The first-order chi connectivity index (χ1) is 14.3. The topological polar surface area (TPSA) is 56.8 Å². The van der Waals surface area contributed by atoms with Crippen molar-refractivity contribution in [3.05, 3.63) is 29.8 Å². The highest BCUT2D eigenvalue weighted by atomic mass is 16.7. The average molecular weight is 422 g/mol. The Hall–Kier alpha value is -1.75. The lowest BCUT2D eigenvalue weighted by Gasteiger charge is -2.24. The van der Waals surface area contributed by atoms with Crippen LogP contribution in [0.3, 0.4) is 0 Å². The minimum atomic E-state index is -0.409. The summed E-state index contributed by atoms with van der Waals surface area (Å²) in [7, 11) is 0. The maximum absolute atomic E-state index is 11.6. The average Bonchev–Trinajstić information content (AvgIpc) is 2.69. The van der Waals surface area contributed by atoms with Gasteiger partial charge in [0.2, 0.25) is 0 Å². The third kappa shape index (κ3) is 11.4. The zero-order valence-electron chi connectivity index (χ0n) is 19.9. The molecule has 30 heavy (non-hydrogen) atoms. The van der Waals surface area contributed by atoms with Crippen LogP contribution in [0.5, 0.6) is 5.75 Å². The summed E-state index contributed by atoms with van der Waals surface area (Å²) in [6.45, 7) is 14.3. The van der Waals surface area contributed by atoms with E-state index in [1.54, 1.807) is 0 Å². The summed E-state index contributed by atoms with van der Waals surface area (Å²) in [6, 6.07) is 8.33. The highest BCUT2D eigenvalue weighted by molar-refractivity contribution is 5.66. The van der Waals surface area contributed by atoms with Gasteiger partial charge in [0.1, 0.15) is 12.4 Å². The third-order valence-corrected chi connectivity index (χ3v) is 5.11. The van der Waals surface area contributed by atoms with Crippen molar-refractivity contribution in [2.24, 2.45) is 11.8 Å². The molecule has 0 saturated heterocycles. The van der Waals surface area contributed by atoms with Crippen LogP contribution in [0.4, 0.5) is 4.79 Å². The van der Waals surface area contributed by atoms with Gasteiger partial charge in [-0.25, -0.2) is 4.79 Å². The van der Waals surface area contributed by atoms with E-state index in [0.717, 1.165) is 18.6 Å². The van der Waals surface area contributed by atoms with Gasteiger partial charge in [-0.15, -0.1) is 0 Å². The first-order valence-corrected chi connectivity index (χ1v) is 11.6. The number of carbonyl (C=O) groups is 1. The number of ether oxygens (including phenoxy) is 3. The highest BCUT2D eigenvalue weighted by Crippen LogP contribution is 2.32. The second-order valence-electron chi connectivity index (χ2n) is 8.73. The summed E-state index contributed by atoms with van der Waals surface area (Å²) in [6.07, 6.45) is 4.88. The number of carbonyl (C=O) groups excluding carboxylic acids is 1. The van der Waals surface area contributed by atoms with E-state index in [1.165, 1.54) is 24.8 Å². The molecule has 0 aliphatic rings. The summed E-state index contributed by atoms with van der Waals surface area (Å²) in [5, 5.41) is 2.76. The highest BCUT2D eigenvalue weighted by Gasteiger charge is 2.17. The van der Waals surface area contributed by atoms with Crippen LogP contribution in [-0.2, 0) is 9.47 Å². The van der Waals surface area contributed by atoms with Gasteiger partial charge in [0, 0.05) is 6.54 Å². The Morgan fingerprint density at radius 1 is 0.967 bits per heavy atom. The van der Waals surface area contributed by atoms with E-state index in [4.69, 9.17) is 14.2 Å². The fraction of sp³-hybridized carbons (Fsp3) is 0.720. The van der Waals surface area contributed by atoms with Crippen LogP contribution in [0.1, 0.15) is 85.1 Å². The summed E-state index contributed by atoms with van der Waals surface area (Å²) in [4.78, 5) is 11.6. The first kappa shape index (κ1) is 26.3. The summed E-state index contributed by atoms with van der Waals surface area (Å²) < 4.78 is 16.5. The van der Waals surface area contributed by atoms with Crippen LogP contribution in [0.2, 0.25) is 0 Å². The second-order valence-corrected chi connectivity index (χ2v) is 8.73. The molecule has 0 bridgehead atoms. The lowest BCUT2D eigenvalue weighted by molar-refractivity contribution is -0.0770. The Balaban J connectivity index is 2.28. The van der Waals surface area contributed by atoms with Crippen molar-refractivity contribution in [2.75, 3.05) is 19.8 Å². The fourth-order valence-electron chi connectivity index (χ4n) is 3.46. The number of benzene rings is 1. The molecular weight excluding hydrogens is 378 g/mol. The second kappa shape index (κ2) is 15.1. The fourth-order valence-corrected chi connectivity index (χ4v) is 3.46. The molecule has 0 radical (unpaired) electrons. The largest absolute Gasteiger partial charge is 0.465 e. The molecule has 5 nitrogen and oxygen atoms in total. The monoisotopic (exact) mass is 421 g/mol. The molecule has 0 saturated carbocycles. The van der Waals surface area contributed by atoms with Gasteiger partial charge in [-0.1, -0.05) is 66.0 Å². The zero-order valence-corrected chi connectivity index (χ0v) is 19.9. The molecule has 0 aromatic heterocycles. The van der Waals surface area contributed by atoms with Gasteiger partial charge in [0.15, 0.2) is 6.29 Å². The molecule has 1 rings (SSSR count).